The highest BCUT2D eigenvalue weighted by Crippen LogP contribution is 2.20. The second-order valence-electron chi connectivity index (χ2n) is 3.99. The van der Waals surface area contributed by atoms with E-state index < -0.39 is 12.1 Å². The van der Waals surface area contributed by atoms with Crippen molar-refractivity contribution in [1.82, 2.24) is 0 Å². The van der Waals surface area contributed by atoms with Crippen molar-refractivity contribution in [2.24, 2.45) is 0 Å². The second kappa shape index (κ2) is 7.93. The zero-order valence-corrected chi connectivity index (χ0v) is 11.1. The van der Waals surface area contributed by atoms with E-state index in [9.17, 15) is 14.7 Å². The molecule has 0 aliphatic carbocycles. The molecule has 0 aliphatic rings. The van der Waals surface area contributed by atoms with Crippen LogP contribution in [0.3, 0.4) is 0 Å². The molecule has 1 rings (SSSR count). The predicted molar refractivity (Wildman–Crippen MR) is 71.5 cm³/mol. The van der Waals surface area contributed by atoms with Crippen molar-refractivity contribution in [1.29, 1.82) is 0 Å². The van der Waals surface area contributed by atoms with E-state index in [1.165, 1.54) is 11.8 Å². The van der Waals surface area contributed by atoms with Crippen molar-refractivity contribution >= 4 is 23.5 Å². The van der Waals surface area contributed by atoms with Crippen molar-refractivity contribution in [3.8, 4) is 0 Å². The van der Waals surface area contributed by atoms with Crippen LogP contribution in [0.5, 0.6) is 0 Å². The van der Waals surface area contributed by atoms with Gasteiger partial charge in [-0.1, -0.05) is 12.1 Å². The molecule has 0 saturated carbocycles. The zero-order chi connectivity index (χ0) is 14.3. The molecule has 0 bridgehead atoms. The fraction of sp³-hybridized carbons (Fsp3) is 0.385. The Hall–Kier alpha value is -1.37. The Balaban J connectivity index is 2.51. The van der Waals surface area contributed by atoms with Gasteiger partial charge < -0.3 is 15.3 Å². The van der Waals surface area contributed by atoms with Gasteiger partial charge in [0.15, 0.2) is 5.78 Å². The van der Waals surface area contributed by atoms with Gasteiger partial charge in [-0.3, -0.25) is 9.59 Å². The smallest absolute Gasteiger partial charge is 0.303 e. The van der Waals surface area contributed by atoms with Gasteiger partial charge in [0.2, 0.25) is 0 Å². The third kappa shape index (κ3) is 5.87. The van der Waals surface area contributed by atoms with Gasteiger partial charge in [-0.2, -0.15) is 0 Å². The highest BCUT2D eigenvalue weighted by atomic mass is 32.2. The molecule has 0 saturated heterocycles. The van der Waals surface area contributed by atoms with E-state index in [2.05, 4.69) is 0 Å². The van der Waals surface area contributed by atoms with Crippen molar-refractivity contribution in [3.05, 3.63) is 29.8 Å². The van der Waals surface area contributed by atoms with Gasteiger partial charge in [-0.15, -0.1) is 11.8 Å². The third-order valence-electron chi connectivity index (χ3n) is 2.40. The summed E-state index contributed by atoms with van der Waals surface area (Å²) in [6, 6.07) is 6.75. The lowest BCUT2D eigenvalue weighted by Gasteiger charge is -2.07. The standard InChI is InChI=1S/C13H16O5S/c14-7-10(15)8-19-11-3-1-9(2-4-11)12(16)5-6-13(17)18/h1-4,10,14-15H,5-8H2,(H,17,18). The van der Waals surface area contributed by atoms with E-state index in [-0.39, 0.29) is 25.2 Å². The number of ketones is 1. The number of aliphatic hydroxyl groups excluding tert-OH is 2. The summed E-state index contributed by atoms with van der Waals surface area (Å²) in [6.07, 6.45) is -0.940. The Morgan fingerprint density at radius 3 is 2.32 bits per heavy atom. The van der Waals surface area contributed by atoms with Crippen molar-refractivity contribution in [3.63, 3.8) is 0 Å². The molecule has 0 heterocycles. The normalized spacial score (nSPS) is 12.1. The first-order valence-corrected chi connectivity index (χ1v) is 6.78. The van der Waals surface area contributed by atoms with E-state index in [1.54, 1.807) is 24.3 Å². The Kier molecular flexibility index (Phi) is 6.55. The maximum Gasteiger partial charge on any atom is 0.303 e. The average Bonchev–Trinajstić information content (AvgIpc) is 2.42. The lowest BCUT2D eigenvalue weighted by atomic mass is 10.1. The van der Waals surface area contributed by atoms with Crippen LogP contribution in [0.15, 0.2) is 29.2 Å². The van der Waals surface area contributed by atoms with Crippen LogP contribution in [0.2, 0.25) is 0 Å². The molecule has 1 unspecified atom stereocenters. The molecule has 0 spiro atoms. The highest BCUT2D eigenvalue weighted by molar-refractivity contribution is 7.99. The van der Waals surface area contributed by atoms with Crippen LogP contribution >= 0.6 is 11.8 Å². The summed E-state index contributed by atoms with van der Waals surface area (Å²) in [4.78, 5) is 22.9. The van der Waals surface area contributed by atoms with Gasteiger partial charge in [0.05, 0.1) is 19.1 Å². The van der Waals surface area contributed by atoms with Crippen molar-refractivity contribution in [2.75, 3.05) is 12.4 Å². The van der Waals surface area contributed by atoms with Crippen LogP contribution in [0.1, 0.15) is 23.2 Å². The van der Waals surface area contributed by atoms with Crippen LogP contribution in [0.4, 0.5) is 0 Å². The number of benzene rings is 1. The van der Waals surface area contributed by atoms with Crippen molar-refractivity contribution < 1.29 is 24.9 Å². The molecule has 0 aliphatic heterocycles. The quantitative estimate of drug-likeness (QED) is 0.490. The largest absolute Gasteiger partial charge is 0.481 e. The molecule has 19 heavy (non-hydrogen) atoms. The van der Waals surface area contributed by atoms with Crippen LogP contribution in [-0.4, -0.2) is 45.5 Å². The number of hydrogen-bond donors (Lipinski definition) is 3. The second-order valence-corrected chi connectivity index (χ2v) is 5.08. The molecule has 0 radical (unpaired) electrons. The summed E-state index contributed by atoms with van der Waals surface area (Å²) in [6.45, 7) is -0.279. The SMILES string of the molecule is O=C(O)CCC(=O)c1ccc(SCC(O)CO)cc1. The molecule has 1 atom stereocenters. The Labute approximate surface area is 115 Å². The van der Waals surface area contributed by atoms with Crippen LogP contribution in [0, 0.1) is 0 Å². The summed E-state index contributed by atoms with van der Waals surface area (Å²) in [5.74, 6) is -0.809. The topological polar surface area (TPSA) is 94.8 Å². The number of thioether (sulfide) groups is 1. The number of carboxylic acid groups (broad SMARTS) is 1. The van der Waals surface area contributed by atoms with E-state index in [0.29, 0.717) is 11.3 Å². The van der Waals surface area contributed by atoms with Crippen LogP contribution < -0.4 is 0 Å². The first-order valence-electron chi connectivity index (χ1n) is 5.79. The van der Waals surface area contributed by atoms with Gasteiger partial charge in [-0.05, 0) is 12.1 Å². The highest BCUT2D eigenvalue weighted by Gasteiger charge is 2.09. The van der Waals surface area contributed by atoms with E-state index in [4.69, 9.17) is 10.2 Å². The molecule has 104 valence electrons. The number of carboxylic acids is 1. The molecular formula is C13H16O5S. The maximum atomic E-state index is 11.6. The summed E-state index contributed by atoms with van der Waals surface area (Å²) >= 11 is 1.38. The third-order valence-corrected chi connectivity index (χ3v) is 3.55. The number of aliphatic hydroxyl groups is 2. The summed E-state index contributed by atoms with van der Waals surface area (Å²) in [5, 5.41) is 26.4. The molecule has 0 fully saturated rings. The lowest BCUT2D eigenvalue weighted by Crippen LogP contribution is -2.14. The van der Waals surface area contributed by atoms with Gasteiger partial charge in [0, 0.05) is 22.6 Å². The number of hydrogen-bond acceptors (Lipinski definition) is 5. The van der Waals surface area contributed by atoms with Gasteiger partial charge in [0.25, 0.3) is 0 Å². The molecule has 6 heteroatoms. The number of carbonyl (C=O) groups is 2. The summed E-state index contributed by atoms with van der Waals surface area (Å²) in [5.41, 5.74) is 0.480. The first-order chi connectivity index (χ1) is 9.02. The molecular weight excluding hydrogens is 268 g/mol. The molecule has 1 aromatic carbocycles. The maximum absolute atomic E-state index is 11.6. The van der Waals surface area contributed by atoms with E-state index >= 15 is 0 Å². The molecule has 1 aromatic rings. The average molecular weight is 284 g/mol. The number of Topliss-reactive ketones (excluding diaryl/α,β-unsaturated/α-hetero) is 1. The first kappa shape index (κ1) is 15.7. The monoisotopic (exact) mass is 284 g/mol. The Bertz CT molecular complexity index is 429. The fourth-order valence-corrected chi connectivity index (χ4v) is 2.17. The van der Waals surface area contributed by atoms with Gasteiger partial charge in [-0.25, -0.2) is 0 Å². The summed E-state index contributed by atoms with van der Waals surface area (Å²) < 4.78 is 0. The lowest BCUT2D eigenvalue weighted by molar-refractivity contribution is -0.136. The van der Waals surface area contributed by atoms with Gasteiger partial charge >= 0.3 is 5.97 Å². The Morgan fingerprint density at radius 1 is 1.16 bits per heavy atom. The van der Waals surface area contributed by atoms with Gasteiger partial charge in [0.1, 0.15) is 0 Å². The molecule has 0 amide bonds. The number of rotatable bonds is 8. The Morgan fingerprint density at radius 2 is 1.79 bits per heavy atom. The summed E-state index contributed by atoms with van der Waals surface area (Å²) in [7, 11) is 0. The molecule has 0 aromatic heterocycles. The van der Waals surface area contributed by atoms with Crippen molar-refractivity contribution in [2.45, 2.75) is 23.8 Å². The molecule has 3 N–H and O–H groups in total. The van der Waals surface area contributed by atoms with E-state index in [0.717, 1.165) is 4.90 Å². The predicted octanol–water partition coefficient (Wildman–Crippen LogP) is 1.18. The zero-order valence-electron chi connectivity index (χ0n) is 10.3. The van der Waals surface area contributed by atoms with E-state index in [1.807, 2.05) is 0 Å². The minimum absolute atomic E-state index is 0.00888. The number of carbonyl (C=O) groups excluding carboxylic acids is 1. The number of aliphatic carboxylic acids is 1. The molecule has 5 nitrogen and oxygen atoms in total. The minimum atomic E-state index is -0.987. The van der Waals surface area contributed by atoms with Crippen LogP contribution in [-0.2, 0) is 4.79 Å². The minimum Gasteiger partial charge on any atom is -0.481 e. The van der Waals surface area contributed by atoms with Crippen LogP contribution in [0.25, 0.3) is 0 Å². The fourth-order valence-electron chi connectivity index (χ4n) is 1.35.